The molecule has 0 spiro atoms. The first kappa shape index (κ1) is 18.3. The van der Waals surface area contributed by atoms with Crippen LogP contribution < -0.4 is 4.90 Å². The monoisotopic (exact) mass is 394 g/mol. The van der Waals surface area contributed by atoms with E-state index in [0.29, 0.717) is 36.1 Å². The molecule has 3 aromatic heterocycles. The van der Waals surface area contributed by atoms with Crippen molar-refractivity contribution in [1.29, 1.82) is 0 Å². The van der Waals surface area contributed by atoms with Crippen molar-refractivity contribution < 1.29 is 4.79 Å². The van der Waals surface area contributed by atoms with Crippen molar-refractivity contribution in [3.8, 4) is 11.4 Å². The number of rotatable bonds is 3. The van der Waals surface area contributed by atoms with Crippen LogP contribution in [0.1, 0.15) is 21.7 Å². The smallest absolute Gasteiger partial charge is 0.272 e. The van der Waals surface area contributed by atoms with Crippen molar-refractivity contribution in [3.63, 3.8) is 0 Å². The summed E-state index contributed by atoms with van der Waals surface area (Å²) in [4.78, 5) is 34.4. The normalized spacial score (nSPS) is 13.2. The maximum absolute atomic E-state index is 12.9. The maximum atomic E-state index is 12.9. The summed E-state index contributed by atoms with van der Waals surface area (Å²) < 4.78 is 0. The van der Waals surface area contributed by atoms with E-state index < -0.39 is 0 Å². The van der Waals surface area contributed by atoms with Gasteiger partial charge in [-0.2, -0.15) is 0 Å². The van der Waals surface area contributed by atoms with Gasteiger partial charge in [-0.25, -0.2) is 15.0 Å². The van der Waals surface area contributed by atoms with Gasteiger partial charge < -0.3 is 9.80 Å². The average molecular weight is 395 g/mol. The third-order valence-electron chi connectivity index (χ3n) is 4.62. The molecular weight excluding hydrogens is 376 g/mol. The van der Waals surface area contributed by atoms with Crippen LogP contribution in [0.2, 0.25) is 5.02 Å². The van der Waals surface area contributed by atoms with E-state index in [9.17, 15) is 4.79 Å². The molecule has 0 saturated carbocycles. The molecule has 0 aliphatic carbocycles. The van der Waals surface area contributed by atoms with Gasteiger partial charge >= 0.3 is 0 Å². The molecule has 0 N–H and O–H groups in total. The number of amides is 1. The third-order valence-corrected chi connectivity index (χ3v) is 4.84. The zero-order valence-electron chi connectivity index (χ0n) is 15.6. The Morgan fingerprint density at radius 2 is 2.04 bits per heavy atom. The van der Waals surface area contributed by atoms with Crippen molar-refractivity contribution in [2.75, 3.05) is 25.5 Å². The fraction of sp³-hybridized carbons (Fsp3) is 0.250. The summed E-state index contributed by atoms with van der Waals surface area (Å²) in [6, 6.07) is 7.10. The second kappa shape index (κ2) is 7.52. The van der Waals surface area contributed by atoms with E-state index in [4.69, 9.17) is 21.6 Å². The topological polar surface area (TPSA) is 75.1 Å². The number of hydrogen-bond acceptors (Lipinski definition) is 6. The van der Waals surface area contributed by atoms with Gasteiger partial charge in [0, 0.05) is 50.4 Å². The van der Waals surface area contributed by atoms with Gasteiger partial charge in [-0.1, -0.05) is 11.6 Å². The van der Waals surface area contributed by atoms with Gasteiger partial charge in [-0.05, 0) is 30.7 Å². The summed E-state index contributed by atoms with van der Waals surface area (Å²) in [6.07, 6.45) is 5.63. The minimum Gasteiger partial charge on any atom is -0.362 e. The molecule has 1 amide bonds. The lowest BCUT2D eigenvalue weighted by Crippen LogP contribution is -2.37. The summed E-state index contributed by atoms with van der Waals surface area (Å²) in [6.45, 7) is 1.00. The Balaban J connectivity index is 1.69. The number of fused-ring (bicyclic) bond motifs is 1. The Morgan fingerprint density at radius 1 is 1.18 bits per heavy atom. The Kier molecular flexibility index (Phi) is 4.92. The number of carbonyl (C=O) groups excluding carboxylic acids is 1. The van der Waals surface area contributed by atoms with E-state index >= 15 is 0 Å². The molecule has 4 heterocycles. The van der Waals surface area contributed by atoms with E-state index in [0.717, 1.165) is 22.6 Å². The van der Waals surface area contributed by atoms with Crippen LogP contribution in [-0.4, -0.2) is 51.4 Å². The molecule has 3 aromatic rings. The highest BCUT2D eigenvalue weighted by molar-refractivity contribution is 6.30. The van der Waals surface area contributed by atoms with Crippen LogP contribution in [0.15, 0.2) is 42.9 Å². The second-order valence-corrected chi connectivity index (χ2v) is 7.21. The van der Waals surface area contributed by atoms with Crippen molar-refractivity contribution in [3.05, 3.63) is 64.8 Å². The first-order valence-corrected chi connectivity index (χ1v) is 9.29. The largest absolute Gasteiger partial charge is 0.362 e. The maximum Gasteiger partial charge on any atom is 0.272 e. The number of carbonyl (C=O) groups is 1. The van der Waals surface area contributed by atoms with Gasteiger partial charge in [0.05, 0.1) is 17.3 Å². The number of hydrogen-bond donors (Lipinski definition) is 0. The molecule has 0 atom stereocenters. The van der Waals surface area contributed by atoms with Gasteiger partial charge in [0.25, 0.3) is 5.91 Å². The van der Waals surface area contributed by atoms with E-state index in [2.05, 4.69) is 9.97 Å². The molecule has 0 fully saturated rings. The molecule has 28 heavy (non-hydrogen) atoms. The van der Waals surface area contributed by atoms with Crippen LogP contribution in [0.5, 0.6) is 0 Å². The van der Waals surface area contributed by atoms with Crippen LogP contribution in [0, 0.1) is 0 Å². The molecule has 4 rings (SSSR count). The zero-order valence-corrected chi connectivity index (χ0v) is 16.4. The quantitative estimate of drug-likeness (QED) is 0.680. The van der Waals surface area contributed by atoms with Crippen LogP contribution in [-0.2, 0) is 13.0 Å². The molecule has 0 saturated heterocycles. The van der Waals surface area contributed by atoms with Crippen molar-refractivity contribution in [1.82, 2.24) is 24.8 Å². The molecule has 1 aliphatic rings. The zero-order chi connectivity index (χ0) is 19.7. The first-order chi connectivity index (χ1) is 13.5. The van der Waals surface area contributed by atoms with E-state index in [1.165, 1.54) is 6.20 Å². The molecule has 7 nitrogen and oxygen atoms in total. The Labute approximate surface area is 168 Å². The van der Waals surface area contributed by atoms with E-state index in [-0.39, 0.29) is 5.91 Å². The molecule has 0 radical (unpaired) electrons. The highest BCUT2D eigenvalue weighted by Crippen LogP contribution is 2.28. The van der Waals surface area contributed by atoms with Crippen molar-refractivity contribution >= 4 is 23.3 Å². The van der Waals surface area contributed by atoms with Gasteiger partial charge in [-0.15, -0.1) is 0 Å². The lowest BCUT2D eigenvalue weighted by Gasteiger charge is -2.30. The van der Waals surface area contributed by atoms with Crippen molar-refractivity contribution in [2.45, 2.75) is 13.0 Å². The van der Waals surface area contributed by atoms with Gasteiger partial charge in [0.15, 0.2) is 5.82 Å². The van der Waals surface area contributed by atoms with E-state index in [1.807, 2.05) is 31.1 Å². The Bertz CT molecular complexity index is 1010. The first-order valence-electron chi connectivity index (χ1n) is 8.91. The summed E-state index contributed by atoms with van der Waals surface area (Å²) in [5, 5.41) is 0.505. The van der Waals surface area contributed by atoms with Crippen molar-refractivity contribution in [2.24, 2.45) is 0 Å². The Morgan fingerprint density at radius 3 is 2.71 bits per heavy atom. The molecule has 1 aliphatic heterocycles. The minimum absolute atomic E-state index is 0.129. The highest BCUT2D eigenvalue weighted by Gasteiger charge is 2.27. The SMILES string of the molecule is CN(C)c1nc(-c2cccnc2)nc2c1CCN(C(=O)c1ccc(Cl)cn1)C2. The van der Waals surface area contributed by atoms with E-state index in [1.54, 1.807) is 29.4 Å². The van der Waals surface area contributed by atoms with Crippen LogP contribution in [0.25, 0.3) is 11.4 Å². The molecule has 0 bridgehead atoms. The number of pyridine rings is 2. The Hall–Kier alpha value is -3.06. The predicted molar refractivity (Wildman–Crippen MR) is 107 cm³/mol. The molecule has 0 aromatic carbocycles. The summed E-state index contributed by atoms with van der Waals surface area (Å²) in [5.74, 6) is 1.35. The standard InChI is InChI=1S/C20H19ClN6O/c1-26(2)19-15-7-9-27(20(28)16-6-5-14(21)11-23-16)12-17(15)24-18(25-19)13-4-3-8-22-10-13/h3-6,8,10-11H,7,9,12H2,1-2H3. The molecule has 0 unspecified atom stereocenters. The summed E-state index contributed by atoms with van der Waals surface area (Å²) in [7, 11) is 3.93. The van der Waals surface area contributed by atoms with Crippen LogP contribution in [0.4, 0.5) is 5.82 Å². The van der Waals surface area contributed by atoms with Gasteiger partial charge in [0.1, 0.15) is 11.5 Å². The highest BCUT2D eigenvalue weighted by atomic mass is 35.5. The average Bonchev–Trinajstić information content (AvgIpc) is 2.73. The lowest BCUT2D eigenvalue weighted by atomic mass is 10.0. The summed E-state index contributed by atoms with van der Waals surface area (Å²) in [5.41, 5.74) is 3.15. The van der Waals surface area contributed by atoms with Crippen LogP contribution >= 0.6 is 11.6 Å². The second-order valence-electron chi connectivity index (χ2n) is 6.77. The van der Waals surface area contributed by atoms with Gasteiger partial charge in [-0.3, -0.25) is 9.78 Å². The number of nitrogens with zero attached hydrogens (tertiary/aromatic N) is 6. The molecular formula is C20H19ClN6O. The third kappa shape index (κ3) is 3.53. The lowest BCUT2D eigenvalue weighted by molar-refractivity contribution is 0.0726. The number of halogens is 1. The minimum atomic E-state index is -0.129. The fourth-order valence-corrected chi connectivity index (χ4v) is 3.35. The van der Waals surface area contributed by atoms with Gasteiger partial charge in [0.2, 0.25) is 0 Å². The molecule has 142 valence electrons. The number of anilines is 1. The number of aromatic nitrogens is 4. The fourth-order valence-electron chi connectivity index (χ4n) is 3.24. The molecule has 8 heteroatoms. The predicted octanol–water partition coefficient (Wildman–Crippen LogP) is 2.85. The summed E-state index contributed by atoms with van der Waals surface area (Å²) >= 11 is 5.88. The van der Waals surface area contributed by atoms with Crippen LogP contribution in [0.3, 0.4) is 0 Å².